The standard InChI is InChI=1S/C19H20BrNO3/c1-4-22-18-11-15(12-21)10-16(20)19(18)24-8-7-23-17-9-13(2)5-6-14(17)3/h5-6,9-11H,4,7-8H2,1-3H3. The minimum Gasteiger partial charge on any atom is -0.490 e. The summed E-state index contributed by atoms with van der Waals surface area (Å²) in [5.74, 6) is 2.00. The fraction of sp³-hybridized carbons (Fsp3) is 0.316. The summed E-state index contributed by atoms with van der Waals surface area (Å²) in [6.45, 7) is 7.22. The lowest BCUT2D eigenvalue weighted by atomic mass is 10.1. The van der Waals surface area contributed by atoms with Crippen molar-refractivity contribution in [2.45, 2.75) is 20.8 Å². The van der Waals surface area contributed by atoms with Crippen LogP contribution in [-0.2, 0) is 0 Å². The van der Waals surface area contributed by atoms with Crippen molar-refractivity contribution in [2.75, 3.05) is 19.8 Å². The van der Waals surface area contributed by atoms with E-state index in [0.29, 0.717) is 41.4 Å². The number of hydrogen-bond acceptors (Lipinski definition) is 4. The molecule has 0 radical (unpaired) electrons. The lowest BCUT2D eigenvalue weighted by Gasteiger charge is -2.15. The summed E-state index contributed by atoms with van der Waals surface area (Å²) in [7, 11) is 0. The van der Waals surface area contributed by atoms with E-state index in [4.69, 9.17) is 19.5 Å². The van der Waals surface area contributed by atoms with Crippen molar-refractivity contribution >= 4 is 15.9 Å². The number of nitriles is 1. The lowest BCUT2D eigenvalue weighted by molar-refractivity contribution is 0.206. The van der Waals surface area contributed by atoms with Crippen LogP contribution in [0.25, 0.3) is 0 Å². The Morgan fingerprint density at radius 1 is 1.00 bits per heavy atom. The molecule has 0 saturated heterocycles. The van der Waals surface area contributed by atoms with Crippen LogP contribution in [0.15, 0.2) is 34.8 Å². The van der Waals surface area contributed by atoms with Gasteiger partial charge in [-0.25, -0.2) is 0 Å². The van der Waals surface area contributed by atoms with Crippen LogP contribution in [-0.4, -0.2) is 19.8 Å². The number of ether oxygens (including phenoxy) is 3. The maximum Gasteiger partial charge on any atom is 0.175 e. The van der Waals surface area contributed by atoms with Gasteiger partial charge < -0.3 is 14.2 Å². The van der Waals surface area contributed by atoms with Gasteiger partial charge in [-0.05, 0) is 60.0 Å². The molecule has 5 heteroatoms. The molecular formula is C19H20BrNO3. The van der Waals surface area contributed by atoms with Gasteiger partial charge in [-0.1, -0.05) is 12.1 Å². The highest BCUT2D eigenvalue weighted by molar-refractivity contribution is 9.10. The van der Waals surface area contributed by atoms with Gasteiger partial charge in [0.1, 0.15) is 19.0 Å². The van der Waals surface area contributed by atoms with Crippen LogP contribution in [0.2, 0.25) is 0 Å². The van der Waals surface area contributed by atoms with Gasteiger partial charge in [-0.3, -0.25) is 0 Å². The largest absolute Gasteiger partial charge is 0.490 e. The first-order valence-corrected chi connectivity index (χ1v) is 8.53. The molecule has 0 N–H and O–H groups in total. The van der Waals surface area contributed by atoms with Crippen molar-refractivity contribution in [3.63, 3.8) is 0 Å². The zero-order valence-corrected chi connectivity index (χ0v) is 15.6. The number of benzene rings is 2. The van der Waals surface area contributed by atoms with Crippen molar-refractivity contribution in [2.24, 2.45) is 0 Å². The van der Waals surface area contributed by atoms with E-state index in [1.54, 1.807) is 12.1 Å². The average molecular weight is 390 g/mol. The molecule has 0 fully saturated rings. The van der Waals surface area contributed by atoms with Gasteiger partial charge in [0.25, 0.3) is 0 Å². The molecule has 0 aliphatic rings. The zero-order chi connectivity index (χ0) is 17.5. The summed E-state index contributed by atoms with van der Waals surface area (Å²) < 4.78 is 17.9. The molecule has 0 aliphatic heterocycles. The van der Waals surface area contributed by atoms with Gasteiger partial charge in [0.05, 0.1) is 22.7 Å². The van der Waals surface area contributed by atoms with E-state index in [2.05, 4.69) is 28.1 Å². The molecule has 2 aromatic carbocycles. The van der Waals surface area contributed by atoms with Crippen molar-refractivity contribution in [3.8, 4) is 23.3 Å². The third-order valence-corrected chi connectivity index (χ3v) is 3.96. The van der Waals surface area contributed by atoms with Gasteiger partial charge in [0.15, 0.2) is 11.5 Å². The SMILES string of the molecule is CCOc1cc(C#N)cc(Br)c1OCCOc1cc(C)ccc1C. The maximum atomic E-state index is 9.05. The molecule has 0 aromatic heterocycles. The van der Waals surface area contributed by atoms with E-state index in [0.717, 1.165) is 16.9 Å². The van der Waals surface area contributed by atoms with Crippen LogP contribution in [0, 0.1) is 25.2 Å². The Balaban J connectivity index is 2.01. The van der Waals surface area contributed by atoms with Crippen LogP contribution in [0.1, 0.15) is 23.6 Å². The lowest BCUT2D eigenvalue weighted by Crippen LogP contribution is -2.11. The number of aryl methyl sites for hydroxylation is 2. The number of nitrogens with zero attached hydrogens (tertiary/aromatic N) is 1. The predicted octanol–water partition coefficient (Wildman–Crippen LogP) is 4.79. The van der Waals surface area contributed by atoms with Gasteiger partial charge in [-0.15, -0.1) is 0 Å². The summed E-state index contributed by atoms with van der Waals surface area (Å²) in [5, 5.41) is 9.05. The molecule has 0 bridgehead atoms. The van der Waals surface area contributed by atoms with E-state index >= 15 is 0 Å². The van der Waals surface area contributed by atoms with Crippen molar-refractivity contribution in [1.29, 1.82) is 5.26 Å². The molecule has 0 aliphatic carbocycles. The minimum atomic E-state index is 0.373. The molecule has 4 nitrogen and oxygen atoms in total. The predicted molar refractivity (Wildman–Crippen MR) is 96.9 cm³/mol. The van der Waals surface area contributed by atoms with Crippen molar-refractivity contribution < 1.29 is 14.2 Å². The van der Waals surface area contributed by atoms with Crippen LogP contribution < -0.4 is 14.2 Å². The van der Waals surface area contributed by atoms with E-state index in [1.165, 1.54) is 0 Å². The summed E-state index contributed by atoms with van der Waals surface area (Å²) in [6.07, 6.45) is 0. The van der Waals surface area contributed by atoms with Crippen molar-refractivity contribution in [3.05, 3.63) is 51.5 Å². The molecular weight excluding hydrogens is 370 g/mol. The van der Waals surface area contributed by atoms with Gasteiger partial charge in [0.2, 0.25) is 0 Å². The molecule has 0 amide bonds. The minimum absolute atomic E-state index is 0.373. The third kappa shape index (κ3) is 4.65. The van der Waals surface area contributed by atoms with Gasteiger partial charge in [0, 0.05) is 6.07 Å². The normalized spacial score (nSPS) is 10.1. The highest BCUT2D eigenvalue weighted by atomic mass is 79.9. The molecule has 0 unspecified atom stereocenters. The molecule has 2 rings (SSSR count). The van der Waals surface area contributed by atoms with Crippen LogP contribution in [0.3, 0.4) is 0 Å². The van der Waals surface area contributed by atoms with Crippen LogP contribution >= 0.6 is 15.9 Å². The third-order valence-electron chi connectivity index (χ3n) is 3.37. The Labute approximate surface area is 151 Å². The molecule has 2 aromatic rings. The summed E-state index contributed by atoms with van der Waals surface area (Å²) in [5.41, 5.74) is 2.77. The molecule has 24 heavy (non-hydrogen) atoms. The highest BCUT2D eigenvalue weighted by Gasteiger charge is 2.12. The van der Waals surface area contributed by atoms with E-state index < -0.39 is 0 Å². The van der Waals surface area contributed by atoms with Crippen molar-refractivity contribution in [1.82, 2.24) is 0 Å². The number of hydrogen-bond donors (Lipinski definition) is 0. The second-order valence-corrected chi connectivity index (χ2v) is 6.15. The van der Waals surface area contributed by atoms with E-state index in [-0.39, 0.29) is 0 Å². The molecule has 126 valence electrons. The average Bonchev–Trinajstić information content (AvgIpc) is 2.56. The topological polar surface area (TPSA) is 51.5 Å². The first-order valence-electron chi connectivity index (χ1n) is 7.74. The molecule has 0 spiro atoms. The summed E-state index contributed by atoms with van der Waals surface area (Å²) in [6, 6.07) is 11.6. The molecule has 0 heterocycles. The molecule has 0 atom stereocenters. The van der Waals surface area contributed by atoms with Gasteiger partial charge in [-0.2, -0.15) is 5.26 Å². The Morgan fingerprint density at radius 3 is 2.46 bits per heavy atom. The quantitative estimate of drug-likeness (QED) is 0.638. The van der Waals surface area contributed by atoms with E-state index in [9.17, 15) is 0 Å². The van der Waals surface area contributed by atoms with Gasteiger partial charge >= 0.3 is 0 Å². The first kappa shape index (κ1) is 18.2. The second-order valence-electron chi connectivity index (χ2n) is 5.30. The highest BCUT2D eigenvalue weighted by Crippen LogP contribution is 2.36. The maximum absolute atomic E-state index is 9.05. The molecule has 0 saturated carbocycles. The first-order chi connectivity index (χ1) is 11.5. The Hall–Kier alpha value is -2.19. The van der Waals surface area contributed by atoms with Crippen LogP contribution in [0.4, 0.5) is 0 Å². The Bertz CT molecular complexity index is 753. The Kier molecular flexibility index (Phi) is 6.51. The monoisotopic (exact) mass is 389 g/mol. The number of halogens is 1. The van der Waals surface area contributed by atoms with Crippen LogP contribution in [0.5, 0.6) is 17.2 Å². The smallest absolute Gasteiger partial charge is 0.175 e. The second kappa shape index (κ2) is 8.60. The summed E-state index contributed by atoms with van der Waals surface area (Å²) in [4.78, 5) is 0. The Morgan fingerprint density at radius 2 is 1.75 bits per heavy atom. The fourth-order valence-electron chi connectivity index (χ4n) is 2.19. The van der Waals surface area contributed by atoms with E-state index in [1.807, 2.05) is 32.9 Å². The number of rotatable bonds is 7. The zero-order valence-electron chi connectivity index (χ0n) is 14.1. The summed E-state index contributed by atoms with van der Waals surface area (Å²) >= 11 is 3.43. The fourth-order valence-corrected chi connectivity index (χ4v) is 2.75.